The molecule has 1 aliphatic rings. The van der Waals surface area contributed by atoms with Gasteiger partial charge in [0.1, 0.15) is 0 Å². The second-order valence-electron chi connectivity index (χ2n) is 4.54. The van der Waals surface area contributed by atoms with Crippen molar-refractivity contribution in [1.82, 2.24) is 5.32 Å². The lowest BCUT2D eigenvalue weighted by Crippen LogP contribution is -2.24. The van der Waals surface area contributed by atoms with E-state index in [1.165, 1.54) is 0 Å². The predicted molar refractivity (Wildman–Crippen MR) is 62.5 cm³/mol. The molecule has 0 bridgehead atoms. The first-order valence-electron chi connectivity index (χ1n) is 5.58. The number of benzene rings is 1. The van der Waals surface area contributed by atoms with Crippen LogP contribution >= 0.6 is 0 Å². The molecule has 2 rings (SSSR count). The van der Waals surface area contributed by atoms with Crippen molar-refractivity contribution in [3.8, 4) is 0 Å². The monoisotopic (exact) mass is 233 g/mol. The van der Waals surface area contributed by atoms with Crippen molar-refractivity contribution in [2.45, 2.75) is 26.3 Å². The average Bonchev–Trinajstić information content (AvgIpc) is 2.64. The lowest BCUT2D eigenvalue weighted by molar-refractivity contribution is -0.142. The van der Waals surface area contributed by atoms with Crippen molar-refractivity contribution in [2.75, 3.05) is 0 Å². The van der Waals surface area contributed by atoms with Gasteiger partial charge in [-0.1, -0.05) is 18.2 Å². The topological polar surface area (TPSA) is 66.4 Å². The highest BCUT2D eigenvalue weighted by molar-refractivity contribution is 5.87. The van der Waals surface area contributed by atoms with Crippen molar-refractivity contribution in [3.63, 3.8) is 0 Å². The molecule has 1 aromatic rings. The van der Waals surface area contributed by atoms with Crippen LogP contribution in [0.2, 0.25) is 0 Å². The number of aryl methyl sites for hydroxylation is 2. The van der Waals surface area contributed by atoms with Crippen LogP contribution < -0.4 is 5.32 Å². The summed E-state index contributed by atoms with van der Waals surface area (Å²) in [6, 6.07) is 5.38. The first kappa shape index (κ1) is 11.6. The van der Waals surface area contributed by atoms with E-state index in [1.54, 1.807) is 0 Å². The van der Waals surface area contributed by atoms with Crippen LogP contribution in [-0.4, -0.2) is 17.0 Å². The summed E-state index contributed by atoms with van der Waals surface area (Å²) in [5.74, 6) is -1.78. The number of hydrogen-bond donors (Lipinski definition) is 2. The van der Waals surface area contributed by atoms with Crippen molar-refractivity contribution >= 4 is 11.9 Å². The number of aliphatic carboxylic acids is 1. The summed E-state index contributed by atoms with van der Waals surface area (Å²) in [6.45, 7) is 3.98. The van der Waals surface area contributed by atoms with Crippen LogP contribution in [0.15, 0.2) is 18.2 Å². The molecule has 1 heterocycles. The fourth-order valence-electron chi connectivity index (χ4n) is 2.15. The number of carbonyl (C=O) groups is 2. The maximum atomic E-state index is 11.3. The van der Waals surface area contributed by atoms with Crippen molar-refractivity contribution < 1.29 is 14.7 Å². The van der Waals surface area contributed by atoms with E-state index in [0.29, 0.717) is 0 Å². The zero-order chi connectivity index (χ0) is 12.6. The first-order valence-corrected chi connectivity index (χ1v) is 5.58. The Hall–Kier alpha value is -1.84. The number of nitrogens with one attached hydrogen (secondary N) is 1. The molecular weight excluding hydrogens is 218 g/mol. The van der Waals surface area contributed by atoms with E-state index in [4.69, 9.17) is 5.11 Å². The molecule has 0 radical (unpaired) electrons. The van der Waals surface area contributed by atoms with Crippen LogP contribution in [0.1, 0.15) is 29.2 Å². The Bertz CT molecular complexity index is 482. The third kappa shape index (κ3) is 2.16. The van der Waals surface area contributed by atoms with Gasteiger partial charge in [-0.2, -0.15) is 0 Å². The minimum absolute atomic E-state index is 0.0624. The second-order valence-corrected chi connectivity index (χ2v) is 4.54. The Balaban J connectivity index is 2.34. The van der Waals surface area contributed by atoms with Crippen molar-refractivity contribution in [3.05, 3.63) is 34.9 Å². The molecular formula is C13H15NO3. The molecule has 17 heavy (non-hydrogen) atoms. The minimum Gasteiger partial charge on any atom is -0.481 e. The molecule has 2 atom stereocenters. The van der Waals surface area contributed by atoms with E-state index < -0.39 is 17.9 Å². The Morgan fingerprint density at radius 1 is 1.35 bits per heavy atom. The molecule has 0 aliphatic carbocycles. The summed E-state index contributed by atoms with van der Waals surface area (Å²) in [4.78, 5) is 22.4. The maximum Gasteiger partial charge on any atom is 0.309 e. The number of carboxylic acid groups (broad SMARTS) is 1. The lowest BCUT2D eigenvalue weighted by atomic mass is 9.92. The molecule has 90 valence electrons. The molecule has 0 spiro atoms. The van der Waals surface area contributed by atoms with Crippen LogP contribution in [0.5, 0.6) is 0 Å². The third-order valence-electron chi connectivity index (χ3n) is 3.33. The Morgan fingerprint density at radius 3 is 2.65 bits per heavy atom. The molecule has 2 N–H and O–H groups in total. The Kier molecular flexibility index (Phi) is 2.88. The average molecular weight is 233 g/mol. The van der Waals surface area contributed by atoms with Crippen LogP contribution in [0.3, 0.4) is 0 Å². The quantitative estimate of drug-likeness (QED) is 0.814. The molecule has 0 aromatic heterocycles. The molecule has 0 unspecified atom stereocenters. The van der Waals surface area contributed by atoms with Gasteiger partial charge in [0.15, 0.2) is 0 Å². The van der Waals surface area contributed by atoms with Gasteiger partial charge >= 0.3 is 5.97 Å². The SMILES string of the molecule is Cc1ccc([C@H]2NC(=O)C[C@@H]2C(=O)O)cc1C. The largest absolute Gasteiger partial charge is 0.481 e. The van der Waals surface area contributed by atoms with Gasteiger partial charge in [0.2, 0.25) is 5.91 Å². The highest BCUT2D eigenvalue weighted by atomic mass is 16.4. The molecule has 1 aromatic carbocycles. The Morgan fingerprint density at radius 2 is 2.06 bits per heavy atom. The number of amides is 1. The number of rotatable bonds is 2. The molecule has 1 amide bonds. The second kappa shape index (κ2) is 4.20. The van der Waals surface area contributed by atoms with Crippen LogP contribution in [0.4, 0.5) is 0 Å². The zero-order valence-electron chi connectivity index (χ0n) is 9.86. The van der Waals surface area contributed by atoms with E-state index >= 15 is 0 Å². The van der Waals surface area contributed by atoms with Gasteiger partial charge in [-0.25, -0.2) is 0 Å². The van der Waals surface area contributed by atoms with E-state index in [9.17, 15) is 9.59 Å². The van der Waals surface area contributed by atoms with Gasteiger partial charge in [0.05, 0.1) is 12.0 Å². The van der Waals surface area contributed by atoms with E-state index in [-0.39, 0.29) is 12.3 Å². The van der Waals surface area contributed by atoms with Crippen LogP contribution in [0.25, 0.3) is 0 Å². The molecule has 1 fully saturated rings. The standard InChI is InChI=1S/C13H15NO3/c1-7-3-4-9(5-8(7)2)12-10(13(16)17)6-11(15)14-12/h3-5,10,12H,6H2,1-2H3,(H,14,15)(H,16,17)/t10-,12+/m0/s1. The fraction of sp³-hybridized carbons (Fsp3) is 0.385. The van der Waals surface area contributed by atoms with Gasteiger partial charge in [-0.05, 0) is 30.5 Å². The highest BCUT2D eigenvalue weighted by Crippen LogP contribution is 2.31. The number of hydrogen-bond acceptors (Lipinski definition) is 2. The maximum absolute atomic E-state index is 11.3. The highest BCUT2D eigenvalue weighted by Gasteiger charge is 2.38. The summed E-state index contributed by atoms with van der Waals surface area (Å²) in [5, 5.41) is 11.8. The molecule has 0 saturated carbocycles. The summed E-state index contributed by atoms with van der Waals surface area (Å²) >= 11 is 0. The number of carboxylic acids is 1. The van der Waals surface area contributed by atoms with E-state index in [2.05, 4.69) is 5.32 Å². The molecule has 1 aliphatic heterocycles. The summed E-state index contributed by atoms with van der Waals surface area (Å²) in [5.41, 5.74) is 3.13. The third-order valence-corrected chi connectivity index (χ3v) is 3.33. The zero-order valence-corrected chi connectivity index (χ0v) is 9.86. The Labute approximate surface area is 99.6 Å². The summed E-state index contributed by atoms with van der Waals surface area (Å²) in [7, 11) is 0. The van der Waals surface area contributed by atoms with E-state index in [0.717, 1.165) is 16.7 Å². The van der Waals surface area contributed by atoms with Gasteiger partial charge in [0.25, 0.3) is 0 Å². The smallest absolute Gasteiger partial charge is 0.309 e. The lowest BCUT2D eigenvalue weighted by Gasteiger charge is -2.16. The molecule has 1 saturated heterocycles. The summed E-state index contributed by atoms with van der Waals surface area (Å²) in [6.07, 6.45) is 0.0624. The van der Waals surface area contributed by atoms with Crippen LogP contribution in [-0.2, 0) is 9.59 Å². The van der Waals surface area contributed by atoms with Gasteiger partial charge in [-0.15, -0.1) is 0 Å². The summed E-state index contributed by atoms with van der Waals surface area (Å²) < 4.78 is 0. The normalized spacial score (nSPS) is 23.5. The van der Waals surface area contributed by atoms with E-state index in [1.807, 2.05) is 32.0 Å². The first-order chi connectivity index (χ1) is 7.99. The van der Waals surface area contributed by atoms with Crippen molar-refractivity contribution in [1.29, 1.82) is 0 Å². The predicted octanol–water partition coefficient (Wildman–Crippen LogP) is 1.57. The number of carbonyl (C=O) groups excluding carboxylic acids is 1. The van der Waals surface area contributed by atoms with Gasteiger partial charge in [-0.3, -0.25) is 9.59 Å². The van der Waals surface area contributed by atoms with Crippen LogP contribution in [0, 0.1) is 19.8 Å². The molecule has 4 nitrogen and oxygen atoms in total. The van der Waals surface area contributed by atoms with Gasteiger partial charge in [0, 0.05) is 6.42 Å². The van der Waals surface area contributed by atoms with Gasteiger partial charge < -0.3 is 10.4 Å². The molecule has 4 heteroatoms. The minimum atomic E-state index is -0.924. The fourth-order valence-corrected chi connectivity index (χ4v) is 2.15. The van der Waals surface area contributed by atoms with Crippen molar-refractivity contribution in [2.24, 2.45) is 5.92 Å².